The van der Waals surface area contributed by atoms with Gasteiger partial charge in [-0.1, -0.05) is 0 Å². The van der Waals surface area contributed by atoms with Crippen molar-refractivity contribution in [1.82, 2.24) is 14.1 Å². The summed E-state index contributed by atoms with van der Waals surface area (Å²) in [6, 6.07) is 6.46. The molecule has 1 aromatic heterocycles. The van der Waals surface area contributed by atoms with Gasteiger partial charge in [-0.2, -0.15) is 9.40 Å². The highest BCUT2D eigenvalue weighted by atomic mass is 32.2. The highest BCUT2D eigenvalue weighted by molar-refractivity contribution is 7.89. The summed E-state index contributed by atoms with van der Waals surface area (Å²) in [5, 5.41) is 4.15. The summed E-state index contributed by atoms with van der Waals surface area (Å²) in [6.45, 7) is 5.46. The van der Waals surface area contributed by atoms with Gasteiger partial charge in [0.15, 0.2) is 0 Å². The van der Waals surface area contributed by atoms with Gasteiger partial charge < -0.3 is 4.74 Å². The average molecular weight is 323 g/mol. The Hall–Kier alpha value is -1.86. The molecule has 120 valence electrons. The predicted molar refractivity (Wildman–Crippen MR) is 84.2 cm³/mol. The molecule has 0 saturated heterocycles. The van der Waals surface area contributed by atoms with Gasteiger partial charge in [-0.25, -0.2) is 8.42 Å². The van der Waals surface area contributed by atoms with E-state index in [0.717, 1.165) is 12.1 Å². The summed E-state index contributed by atoms with van der Waals surface area (Å²) < 4.78 is 33.5. The second-order valence-electron chi connectivity index (χ2n) is 4.87. The molecule has 1 aromatic carbocycles. The number of aryl methyl sites for hydroxylation is 1. The zero-order chi connectivity index (χ0) is 16.2. The van der Waals surface area contributed by atoms with Crippen molar-refractivity contribution in [2.75, 3.05) is 13.7 Å². The summed E-state index contributed by atoms with van der Waals surface area (Å²) >= 11 is 0. The van der Waals surface area contributed by atoms with Crippen molar-refractivity contribution in [3.63, 3.8) is 0 Å². The molecule has 0 atom stereocenters. The van der Waals surface area contributed by atoms with E-state index in [9.17, 15) is 8.42 Å². The molecule has 0 fully saturated rings. The van der Waals surface area contributed by atoms with Crippen LogP contribution in [0.1, 0.15) is 19.4 Å². The molecular formula is C15H21N3O3S. The third-order valence-electron chi connectivity index (χ3n) is 3.26. The molecule has 0 aliphatic heterocycles. The lowest BCUT2D eigenvalue weighted by Gasteiger charge is -2.16. The molecule has 0 radical (unpaired) electrons. The van der Waals surface area contributed by atoms with Crippen LogP contribution in [-0.4, -0.2) is 36.2 Å². The number of nitrogens with zero attached hydrogens (tertiary/aromatic N) is 3. The minimum absolute atomic E-state index is 0.251. The SMILES string of the molecule is CCOc1ccc(S(=O)(=O)N(C)Cc2cnn(CC)c2)cc1. The fraction of sp³-hybridized carbons (Fsp3) is 0.400. The number of aromatic nitrogens is 2. The molecule has 2 aromatic rings. The standard InChI is InChI=1S/C15H21N3O3S/c1-4-18-12-13(10-16-18)11-17(3)22(19,20)15-8-6-14(7-9-15)21-5-2/h6-10,12H,4-5,11H2,1-3H3. The van der Waals surface area contributed by atoms with Gasteiger partial charge in [0.25, 0.3) is 0 Å². The predicted octanol–water partition coefficient (Wildman–Crippen LogP) is 2.12. The molecule has 1 heterocycles. The zero-order valence-electron chi connectivity index (χ0n) is 13.1. The van der Waals surface area contributed by atoms with E-state index >= 15 is 0 Å². The van der Waals surface area contributed by atoms with E-state index in [2.05, 4.69) is 5.10 Å². The molecule has 0 spiro atoms. The van der Waals surface area contributed by atoms with Gasteiger partial charge in [-0.15, -0.1) is 0 Å². The number of hydrogen-bond donors (Lipinski definition) is 0. The smallest absolute Gasteiger partial charge is 0.243 e. The lowest BCUT2D eigenvalue weighted by molar-refractivity contribution is 0.340. The molecule has 0 N–H and O–H groups in total. The van der Waals surface area contributed by atoms with E-state index in [1.54, 1.807) is 42.2 Å². The van der Waals surface area contributed by atoms with E-state index in [-0.39, 0.29) is 11.4 Å². The average Bonchev–Trinajstić information content (AvgIpc) is 2.96. The second kappa shape index (κ2) is 6.93. The largest absolute Gasteiger partial charge is 0.494 e. The molecule has 0 bridgehead atoms. The summed E-state index contributed by atoms with van der Waals surface area (Å²) in [7, 11) is -1.96. The summed E-state index contributed by atoms with van der Waals surface area (Å²) in [5.74, 6) is 0.660. The van der Waals surface area contributed by atoms with Gasteiger partial charge in [0.1, 0.15) is 5.75 Å². The van der Waals surface area contributed by atoms with Crippen LogP contribution in [0.4, 0.5) is 0 Å². The molecule has 0 unspecified atom stereocenters. The lowest BCUT2D eigenvalue weighted by Crippen LogP contribution is -2.26. The second-order valence-corrected chi connectivity index (χ2v) is 6.91. The van der Waals surface area contributed by atoms with Gasteiger partial charge >= 0.3 is 0 Å². The molecule has 7 heteroatoms. The normalized spacial score (nSPS) is 11.8. The van der Waals surface area contributed by atoms with Crippen molar-refractivity contribution in [2.45, 2.75) is 31.8 Å². The van der Waals surface area contributed by atoms with Crippen LogP contribution in [0.25, 0.3) is 0 Å². The van der Waals surface area contributed by atoms with Gasteiger partial charge in [0.05, 0.1) is 17.7 Å². The molecule has 0 aliphatic rings. The summed E-state index contributed by atoms with van der Waals surface area (Å²) in [5.41, 5.74) is 0.860. The molecule has 2 rings (SSSR count). The molecule has 0 saturated carbocycles. The third kappa shape index (κ3) is 3.66. The number of benzene rings is 1. The molecule has 22 heavy (non-hydrogen) atoms. The first-order valence-electron chi connectivity index (χ1n) is 7.18. The highest BCUT2D eigenvalue weighted by Crippen LogP contribution is 2.20. The fourth-order valence-corrected chi connectivity index (χ4v) is 3.22. The number of ether oxygens (including phenoxy) is 1. The van der Waals surface area contributed by atoms with Crippen molar-refractivity contribution < 1.29 is 13.2 Å². The van der Waals surface area contributed by atoms with Crippen molar-refractivity contribution in [3.05, 3.63) is 42.2 Å². The minimum Gasteiger partial charge on any atom is -0.494 e. The van der Waals surface area contributed by atoms with Gasteiger partial charge in [-0.05, 0) is 38.1 Å². The van der Waals surface area contributed by atoms with E-state index in [4.69, 9.17) is 4.74 Å². The zero-order valence-corrected chi connectivity index (χ0v) is 13.9. The van der Waals surface area contributed by atoms with E-state index in [1.807, 2.05) is 20.0 Å². The van der Waals surface area contributed by atoms with Crippen LogP contribution < -0.4 is 4.74 Å². The van der Waals surface area contributed by atoms with Crippen molar-refractivity contribution in [1.29, 1.82) is 0 Å². The topological polar surface area (TPSA) is 64.4 Å². The van der Waals surface area contributed by atoms with Crippen LogP contribution in [0.15, 0.2) is 41.6 Å². The Morgan fingerprint density at radius 3 is 2.45 bits per heavy atom. The van der Waals surface area contributed by atoms with E-state index < -0.39 is 10.0 Å². The van der Waals surface area contributed by atoms with E-state index in [0.29, 0.717) is 12.4 Å². The Balaban J connectivity index is 2.14. The van der Waals surface area contributed by atoms with Gasteiger partial charge in [-0.3, -0.25) is 4.68 Å². The Morgan fingerprint density at radius 1 is 1.23 bits per heavy atom. The van der Waals surface area contributed by atoms with Gasteiger partial charge in [0.2, 0.25) is 10.0 Å². The van der Waals surface area contributed by atoms with Crippen LogP contribution >= 0.6 is 0 Å². The monoisotopic (exact) mass is 323 g/mol. The van der Waals surface area contributed by atoms with Crippen LogP contribution in [0, 0.1) is 0 Å². The van der Waals surface area contributed by atoms with Crippen LogP contribution in [-0.2, 0) is 23.1 Å². The molecular weight excluding hydrogens is 302 g/mol. The molecule has 0 amide bonds. The first kappa shape index (κ1) is 16.5. The fourth-order valence-electron chi connectivity index (χ4n) is 2.06. The number of rotatable bonds is 7. The van der Waals surface area contributed by atoms with Crippen molar-refractivity contribution >= 4 is 10.0 Å². The summed E-state index contributed by atoms with van der Waals surface area (Å²) in [4.78, 5) is 0.251. The third-order valence-corrected chi connectivity index (χ3v) is 5.08. The Bertz CT molecular complexity index is 708. The van der Waals surface area contributed by atoms with Crippen LogP contribution in [0.3, 0.4) is 0 Å². The Labute approximate surface area is 131 Å². The summed E-state index contributed by atoms with van der Waals surface area (Å²) in [6.07, 6.45) is 3.54. The maximum atomic E-state index is 12.5. The molecule has 0 aliphatic carbocycles. The Kier molecular flexibility index (Phi) is 5.20. The first-order valence-corrected chi connectivity index (χ1v) is 8.62. The van der Waals surface area contributed by atoms with E-state index in [1.165, 1.54) is 4.31 Å². The maximum Gasteiger partial charge on any atom is 0.243 e. The quantitative estimate of drug-likeness (QED) is 0.783. The maximum absolute atomic E-state index is 12.5. The molecule has 6 nitrogen and oxygen atoms in total. The minimum atomic E-state index is -3.53. The van der Waals surface area contributed by atoms with Crippen LogP contribution in [0.2, 0.25) is 0 Å². The Morgan fingerprint density at radius 2 is 1.91 bits per heavy atom. The number of hydrogen-bond acceptors (Lipinski definition) is 4. The van der Waals surface area contributed by atoms with Gasteiger partial charge in [0, 0.05) is 31.9 Å². The lowest BCUT2D eigenvalue weighted by atomic mass is 10.3. The van der Waals surface area contributed by atoms with Crippen molar-refractivity contribution in [3.8, 4) is 5.75 Å². The van der Waals surface area contributed by atoms with Crippen molar-refractivity contribution in [2.24, 2.45) is 0 Å². The highest BCUT2D eigenvalue weighted by Gasteiger charge is 2.21. The van der Waals surface area contributed by atoms with Crippen LogP contribution in [0.5, 0.6) is 5.75 Å². The first-order chi connectivity index (χ1) is 10.5. The number of sulfonamides is 1.